The van der Waals surface area contributed by atoms with Gasteiger partial charge in [0.1, 0.15) is 17.3 Å². The standard InChI is InChI=1S/C22H15Cl2NO4S/c1-28-19-8-6-13(10-17(19)24)18-9-7-15(29-18)11-20-21(26)25(22(27)30-20)12-14-4-2-3-5-16(14)23/h2-11H,12H2,1H3/b20-11-. The summed E-state index contributed by atoms with van der Waals surface area (Å²) in [6.45, 7) is 0.120. The van der Waals surface area contributed by atoms with Crippen LogP contribution in [0.15, 0.2) is 63.9 Å². The first kappa shape index (κ1) is 20.6. The highest BCUT2D eigenvalue weighted by atomic mass is 35.5. The van der Waals surface area contributed by atoms with Crippen LogP contribution >= 0.6 is 35.0 Å². The molecular weight excluding hydrogens is 445 g/mol. The number of nitrogens with zero attached hydrogens (tertiary/aromatic N) is 1. The van der Waals surface area contributed by atoms with E-state index < -0.39 is 0 Å². The molecule has 4 rings (SSSR count). The minimum absolute atomic E-state index is 0.120. The Morgan fingerprint density at radius 3 is 2.60 bits per heavy atom. The maximum Gasteiger partial charge on any atom is 0.293 e. The number of rotatable bonds is 5. The Morgan fingerprint density at radius 2 is 1.87 bits per heavy atom. The summed E-state index contributed by atoms with van der Waals surface area (Å²) in [6, 6.07) is 15.9. The molecule has 1 aliphatic rings. The monoisotopic (exact) mass is 459 g/mol. The smallest absolute Gasteiger partial charge is 0.293 e. The largest absolute Gasteiger partial charge is 0.495 e. The topological polar surface area (TPSA) is 59.8 Å². The van der Waals surface area contributed by atoms with Gasteiger partial charge in [0.2, 0.25) is 0 Å². The van der Waals surface area contributed by atoms with E-state index in [1.165, 1.54) is 4.90 Å². The Bertz CT molecular complexity index is 1170. The fourth-order valence-electron chi connectivity index (χ4n) is 2.97. The predicted octanol–water partition coefficient (Wildman–Crippen LogP) is 6.50. The second-order valence-corrected chi connectivity index (χ2v) is 8.22. The second kappa shape index (κ2) is 8.60. The molecule has 0 unspecified atom stereocenters. The molecule has 3 aromatic rings. The first-order chi connectivity index (χ1) is 14.5. The molecule has 2 amide bonds. The van der Waals surface area contributed by atoms with Crippen molar-refractivity contribution in [1.82, 2.24) is 4.90 Å². The lowest BCUT2D eigenvalue weighted by Crippen LogP contribution is -2.27. The van der Waals surface area contributed by atoms with Gasteiger partial charge in [-0.05, 0) is 53.7 Å². The molecule has 5 nitrogen and oxygen atoms in total. The van der Waals surface area contributed by atoms with Crippen LogP contribution in [0.4, 0.5) is 4.79 Å². The van der Waals surface area contributed by atoms with Crippen molar-refractivity contribution >= 4 is 52.2 Å². The number of furan rings is 1. The molecule has 2 heterocycles. The molecular formula is C22H15Cl2NO4S. The molecule has 0 N–H and O–H groups in total. The van der Waals surface area contributed by atoms with Crippen molar-refractivity contribution < 1.29 is 18.7 Å². The Hall–Kier alpha value is -2.67. The highest BCUT2D eigenvalue weighted by molar-refractivity contribution is 8.18. The minimum Gasteiger partial charge on any atom is -0.495 e. The molecule has 1 aromatic heterocycles. The molecule has 0 atom stereocenters. The van der Waals surface area contributed by atoms with Crippen LogP contribution in [-0.2, 0) is 11.3 Å². The van der Waals surface area contributed by atoms with Crippen LogP contribution in [0.5, 0.6) is 5.75 Å². The number of thioether (sulfide) groups is 1. The number of carbonyl (C=O) groups is 2. The third-order valence-electron chi connectivity index (χ3n) is 4.50. The lowest BCUT2D eigenvalue weighted by molar-refractivity contribution is -0.123. The van der Waals surface area contributed by atoms with Crippen molar-refractivity contribution in [3.05, 3.63) is 80.9 Å². The average molecular weight is 460 g/mol. The second-order valence-electron chi connectivity index (χ2n) is 6.41. The quantitative estimate of drug-likeness (QED) is 0.407. The molecule has 0 radical (unpaired) electrons. The molecule has 30 heavy (non-hydrogen) atoms. The number of ether oxygens (including phenoxy) is 1. The normalized spacial score (nSPS) is 15.3. The van der Waals surface area contributed by atoms with E-state index in [1.54, 1.807) is 55.7 Å². The molecule has 0 spiro atoms. The molecule has 0 saturated carbocycles. The minimum atomic E-state index is -0.379. The molecule has 1 fully saturated rings. The van der Waals surface area contributed by atoms with E-state index in [9.17, 15) is 9.59 Å². The summed E-state index contributed by atoms with van der Waals surface area (Å²) >= 11 is 13.2. The van der Waals surface area contributed by atoms with E-state index in [2.05, 4.69) is 0 Å². The molecule has 2 aromatic carbocycles. The number of imide groups is 1. The van der Waals surface area contributed by atoms with Gasteiger partial charge >= 0.3 is 0 Å². The van der Waals surface area contributed by atoms with E-state index in [-0.39, 0.29) is 17.7 Å². The van der Waals surface area contributed by atoms with E-state index in [0.717, 1.165) is 17.3 Å². The summed E-state index contributed by atoms with van der Waals surface area (Å²) in [6.07, 6.45) is 1.56. The lowest BCUT2D eigenvalue weighted by atomic mass is 10.2. The fourth-order valence-corrected chi connectivity index (χ4v) is 4.24. The highest BCUT2D eigenvalue weighted by Gasteiger charge is 2.35. The average Bonchev–Trinajstić information content (AvgIpc) is 3.30. The number of hydrogen-bond donors (Lipinski definition) is 0. The van der Waals surface area contributed by atoms with Gasteiger partial charge in [0.05, 0.1) is 23.6 Å². The first-order valence-electron chi connectivity index (χ1n) is 8.89. The van der Waals surface area contributed by atoms with Gasteiger partial charge in [0.15, 0.2) is 0 Å². The van der Waals surface area contributed by atoms with Crippen molar-refractivity contribution in [2.45, 2.75) is 6.54 Å². The molecule has 1 saturated heterocycles. The molecule has 1 aliphatic heterocycles. The van der Waals surface area contributed by atoms with Crippen molar-refractivity contribution in [3.8, 4) is 17.1 Å². The lowest BCUT2D eigenvalue weighted by Gasteiger charge is -2.13. The number of carbonyl (C=O) groups excluding carboxylic acids is 2. The van der Waals surface area contributed by atoms with Gasteiger partial charge in [-0.3, -0.25) is 14.5 Å². The maximum atomic E-state index is 12.7. The number of methoxy groups -OCH3 is 1. The number of hydrogen-bond acceptors (Lipinski definition) is 5. The van der Waals surface area contributed by atoms with Crippen LogP contribution in [0, 0.1) is 0 Å². The van der Waals surface area contributed by atoms with Crippen LogP contribution in [0.2, 0.25) is 10.0 Å². The predicted molar refractivity (Wildman–Crippen MR) is 119 cm³/mol. The Morgan fingerprint density at radius 1 is 1.07 bits per heavy atom. The molecule has 0 aliphatic carbocycles. The van der Waals surface area contributed by atoms with Gasteiger partial charge in [0, 0.05) is 16.7 Å². The Kier molecular flexibility index (Phi) is 5.90. The zero-order valence-electron chi connectivity index (χ0n) is 15.7. The van der Waals surface area contributed by atoms with Crippen molar-refractivity contribution in [2.75, 3.05) is 7.11 Å². The zero-order valence-corrected chi connectivity index (χ0v) is 18.1. The Labute approximate surface area is 187 Å². The van der Waals surface area contributed by atoms with Crippen molar-refractivity contribution in [3.63, 3.8) is 0 Å². The maximum absolute atomic E-state index is 12.7. The van der Waals surface area contributed by atoms with Gasteiger partial charge in [-0.15, -0.1) is 0 Å². The van der Waals surface area contributed by atoms with E-state index in [4.69, 9.17) is 32.4 Å². The SMILES string of the molecule is COc1ccc(-c2ccc(/C=C3\SC(=O)N(Cc4ccccc4Cl)C3=O)o2)cc1Cl. The summed E-state index contributed by atoms with van der Waals surface area (Å²) in [7, 11) is 1.55. The number of halogens is 2. The molecule has 8 heteroatoms. The first-order valence-corrected chi connectivity index (χ1v) is 10.5. The van der Waals surface area contributed by atoms with Crippen molar-refractivity contribution in [2.24, 2.45) is 0 Å². The summed E-state index contributed by atoms with van der Waals surface area (Å²) in [4.78, 5) is 26.5. The number of amides is 2. The third-order valence-corrected chi connectivity index (χ3v) is 6.07. The van der Waals surface area contributed by atoms with Crippen LogP contribution in [0.25, 0.3) is 17.4 Å². The fraction of sp³-hybridized carbons (Fsp3) is 0.0909. The van der Waals surface area contributed by atoms with Gasteiger partial charge < -0.3 is 9.15 Å². The molecule has 0 bridgehead atoms. The van der Waals surface area contributed by atoms with Crippen molar-refractivity contribution in [1.29, 1.82) is 0 Å². The Balaban J connectivity index is 1.54. The van der Waals surface area contributed by atoms with Crippen LogP contribution in [0.3, 0.4) is 0 Å². The third kappa shape index (κ3) is 4.12. The summed E-state index contributed by atoms with van der Waals surface area (Å²) in [5.74, 6) is 1.23. The van der Waals surface area contributed by atoms with Crippen LogP contribution in [-0.4, -0.2) is 23.2 Å². The van der Waals surface area contributed by atoms with E-state index in [1.807, 2.05) is 12.1 Å². The van der Waals surface area contributed by atoms with Crippen LogP contribution in [0.1, 0.15) is 11.3 Å². The van der Waals surface area contributed by atoms with Crippen LogP contribution < -0.4 is 4.74 Å². The van der Waals surface area contributed by atoms with Gasteiger partial charge in [0.25, 0.3) is 11.1 Å². The zero-order chi connectivity index (χ0) is 21.3. The summed E-state index contributed by atoms with van der Waals surface area (Å²) in [5.41, 5.74) is 1.48. The van der Waals surface area contributed by atoms with Gasteiger partial charge in [-0.1, -0.05) is 41.4 Å². The van der Waals surface area contributed by atoms with E-state index in [0.29, 0.717) is 37.8 Å². The van der Waals surface area contributed by atoms with Gasteiger partial charge in [-0.2, -0.15) is 0 Å². The summed E-state index contributed by atoms with van der Waals surface area (Å²) < 4.78 is 11.0. The summed E-state index contributed by atoms with van der Waals surface area (Å²) in [5, 5.41) is 0.628. The van der Waals surface area contributed by atoms with Gasteiger partial charge in [-0.25, -0.2) is 0 Å². The highest BCUT2D eigenvalue weighted by Crippen LogP contribution is 2.36. The van der Waals surface area contributed by atoms with E-state index >= 15 is 0 Å². The number of benzene rings is 2. The molecule has 152 valence electrons.